The normalized spacial score (nSPS) is 14.2. The van der Waals surface area contributed by atoms with E-state index in [-0.39, 0.29) is 19.7 Å². The number of nitrogens with zero attached hydrogens (tertiary/aromatic N) is 2. The van der Waals surface area contributed by atoms with Crippen molar-refractivity contribution in [2.75, 3.05) is 20.4 Å². The van der Waals surface area contributed by atoms with E-state index >= 15 is 0 Å². The Hall–Kier alpha value is -3.28. The molecule has 2 aromatic heterocycles. The van der Waals surface area contributed by atoms with Crippen LogP contribution in [0, 0.1) is 0 Å². The number of allylic oxidation sites excluding steroid dienone is 2. The molecule has 3 aromatic rings. The van der Waals surface area contributed by atoms with Crippen LogP contribution in [0.5, 0.6) is 0 Å². The molecular weight excluding hydrogens is 512 g/mol. The molecule has 0 saturated heterocycles. The Bertz CT molecular complexity index is 1280. The molecule has 0 fully saturated rings. The van der Waals surface area contributed by atoms with Gasteiger partial charge in [-0.15, -0.1) is 0 Å². The van der Waals surface area contributed by atoms with Crippen LogP contribution in [0.4, 0.5) is 13.2 Å². The SMILES string of the molecule is COP(=O)(O)OCN/C=C\C=C(/CN)c1cc(Cc2ccc(Cc3cccc(C(F)(F)F)n3)cc2)no1. The Morgan fingerprint density at radius 3 is 2.46 bits per heavy atom. The van der Waals surface area contributed by atoms with Crippen molar-refractivity contribution in [1.82, 2.24) is 15.5 Å². The number of pyridine rings is 1. The molecule has 0 aliphatic rings. The molecular formula is C24H26F3N4O5P. The minimum Gasteiger partial charge on any atom is -0.368 e. The number of nitrogens with two attached hydrogens (primary N) is 1. The van der Waals surface area contributed by atoms with Crippen LogP contribution in [0.25, 0.3) is 5.57 Å². The zero-order chi connectivity index (χ0) is 26.9. The molecule has 4 N–H and O–H groups in total. The van der Waals surface area contributed by atoms with Crippen molar-refractivity contribution in [3.05, 3.63) is 101 Å². The second kappa shape index (κ2) is 12.8. The molecule has 0 amide bonds. The maximum atomic E-state index is 12.9. The van der Waals surface area contributed by atoms with Crippen LogP contribution < -0.4 is 11.1 Å². The number of rotatable bonds is 12. The van der Waals surface area contributed by atoms with Gasteiger partial charge >= 0.3 is 14.0 Å². The van der Waals surface area contributed by atoms with E-state index in [4.69, 9.17) is 15.2 Å². The Balaban J connectivity index is 1.56. The lowest BCUT2D eigenvalue weighted by atomic mass is 10.0. The number of hydrogen-bond acceptors (Lipinski definition) is 8. The molecule has 2 heterocycles. The summed E-state index contributed by atoms with van der Waals surface area (Å²) in [6.45, 7) is -0.0467. The average molecular weight is 538 g/mol. The summed E-state index contributed by atoms with van der Waals surface area (Å²) in [4.78, 5) is 12.8. The van der Waals surface area contributed by atoms with Crippen LogP contribution in [0.15, 0.2) is 71.4 Å². The lowest BCUT2D eigenvalue weighted by Crippen LogP contribution is -2.09. The van der Waals surface area contributed by atoms with Gasteiger partial charge in [0.2, 0.25) is 0 Å². The number of halogens is 3. The summed E-state index contributed by atoms with van der Waals surface area (Å²) in [6.07, 6.45) is 1.11. The van der Waals surface area contributed by atoms with Gasteiger partial charge in [0.25, 0.3) is 0 Å². The topological polar surface area (TPSA) is 133 Å². The summed E-state index contributed by atoms with van der Waals surface area (Å²) >= 11 is 0. The van der Waals surface area contributed by atoms with E-state index in [0.29, 0.717) is 29.1 Å². The van der Waals surface area contributed by atoms with Gasteiger partial charge in [-0.3, -0.25) is 9.05 Å². The van der Waals surface area contributed by atoms with E-state index < -0.39 is 19.7 Å². The molecule has 0 spiro atoms. The highest BCUT2D eigenvalue weighted by atomic mass is 31.2. The van der Waals surface area contributed by atoms with Gasteiger partial charge in [0, 0.05) is 43.8 Å². The Labute approximate surface area is 211 Å². The van der Waals surface area contributed by atoms with Gasteiger partial charge in [0.15, 0.2) is 5.76 Å². The van der Waals surface area contributed by atoms with Crippen molar-refractivity contribution in [3.63, 3.8) is 0 Å². The first-order valence-corrected chi connectivity index (χ1v) is 12.5. The first-order valence-electron chi connectivity index (χ1n) is 11.0. The van der Waals surface area contributed by atoms with Gasteiger partial charge < -0.3 is 20.5 Å². The van der Waals surface area contributed by atoms with E-state index in [9.17, 15) is 17.7 Å². The molecule has 9 nitrogen and oxygen atoms in total. The minimum atomic E-state index is -4.48. The Morgan fingerprint density at radius 1 is 1.16 bits per heavy atom. The van der Waals surface area contributed by atoms with E-state index in [1.807, 2.05) is 24.3 Å². The van der Waals surface area contributed by atoms with E-state index in [0.717, 1.165) is 24.3 Å². The molecule has 1 unspecified atom stereocenters. The number of hydrogen-bond donors (Lipinski definition) is 3. The fourth-order valence-corrected chi connectivity index (χ4v) is 3.52. The fraction of sp³-hybridized carbons (Fsp3) is 0.250. The summed E-state index contributed by atoms with van der Waals surface area (Å²) < 4.78 is 64.1. The highest BCUT2D eigenvalue weighted by Gasteiger charge is 2.32. The summed E-state index contributed by atoms with van der Waals surface area (Å²) in [7, 11) is -2.98. The summed E-state index contributed by atoms with van der Waals surface area (Å²) in [5.41, 5.74) is 8.36. The number of aromatic nitrogens is 2. The molecule has 1 atom stereocenters. The van der Waals surface area contributed by atoms with Crippen LogP contribution >= 0.6 is 7.82 Å². The monoisotopic (exact) mass is 538 g/mol. The number of benzene rings is 1. The zero-order valence-corrected chi connectivity index (χ0v) is 20.7. The van der Waals surface area contributed by atoms with Gasteiger partial charge in [-0.2, -0.15) is 13.2 Å². The second-order valence-corrected chi connectivity index (χ2v) is 9.31. The van der Waals surface area contributed by atoms with Crippen molar-refractivity contribution in [2.24, 2.45) is 5.73 Å². The van der Waals surface area contributed by atoms with E-state index in [1.165, 1.54) is 12.3 Å². The van der Waals surface area contributed by atoms with Crippen molar-refractivity contribution in [1.29, 1.82) is 0 Å². The van der Waals surface area contributed by atoms with Gasteiger partial charge in [-0.1, -0.05) is 41.6 Å². The average Bonchev–Trinajstić information content (AvgIpc) is 3.32. The highest BCUT2D eigenvalue weighted by molar-refractivity contribution is 7.47. The van der Waals surface area contributed by atoms with Crippen LogP contribution in [-0.4, -0.2) is 35.4 Å². The molecule has 13 heteroatoms. The van der Waals surface area contributed by atoms with Gasteiger partial charge in [-0.05, 0) is 35.5 Å². The third kappa shape index (κ3) is 8.96. The summed E-state index contributed by atoms with van der Waals surface area (Å²) in [6, 6.07) is 13.1. The number of phosphoric acid groups is 1. The predicted molar refractivity (Wildman–Crippen MR) is 130 cm³/mol. The van der Waals surface area contributed by atoms with Crippen molar-refractivity contribution < 1.29 is 36.2 Å². The molecule has 198 valence electrons. The molecule has 0 aliphatic heterocycles. The van der Waals surface area contributed by atoms with Gasteiger partial charge in [0.1, 0.15) is 12.4 Å². The number of alkyl halides is 3. The van der Waals surface area contributed by atoms with Gasteiger partial charge in [-0.25, -0.2) is 9.55 Å². The third-order valence-electron chi connectivity index (χ3n) is 5.04. The molecule has 0 bridgehead atoms. The molecule has 1 aromatic carbocycles. The van der Waals surface area contributed by atoms with E-state index in [2.05, 4.69) is 24.5 Å². The third-order valence-corrected chi connectivity index (χ3v) is 5.96. The predicted octanol–water partition coefficient (Wildman–Crippen LogP) is 4.44. The zero-order valence-electron chi connectivity index (χ0n) is 19.8. The van der Waals surface area contributed by atoms with Gasteiger partial charge in [0.05, 0.1) is 5.69 Å². The maximum Gasteiger partial charge on any atom is 0.473 e. The molecule has 0 saturated carbocycles. The second-order valence-electron chi connectivity index (χ2n) is 7.75. The van der Waals surface area contributed by atoms with Crippen LogP contribution in [-0.2, 0) is 32.6 Å². The molecule has 3 rings (SSSR count). The first-order chi connectivity index (χ1) is 17.6. The van der Waals surface area contributed by atoms with Crippen LogP contribution in [0.2, 0.25) is 0 Å². The number of phosphoric ester groups is 1. The summed E-state index contributed by atoms with van der Waals surface area (Å²) in [5.74, 6) is 0.491. The molecule has 0 aliphatic carbocycles. The van der Waals surface area contributed by atoms with Crippen LogP contribution in [0.3, 0.4) is 0 Å². The minimum absolute atomic E-state index is 0.184. The lowest BCUT2D eigenvalue weighted by Gasteiger charge is -2.08. The van der Waals surface area contributed by atoms with Crippen molar-refractivity contribution >= 4 is 13.4 Å². The standard InChI is InChI=1S/C24H26F3N4O5P/c1-34-37(32,33)35-16-29-11-3-4-19(15-28)22-14-21(31-36-22)13-18-9-7-17(8-10-18)12-20-5-2-6-23(30-20)24(25,26)27/h2-11,14,29H,12-13,15-16,28H2,1H3,(H,32,33)/b11-3-,19-4+. The fourth-order valence-electron chi connectivity index (χ4n) is 3.18. The molecule has 37 heavy (non-hydrogen) atoms. The number of nitrogens with one attached hydrogen (secondary N) is 1. The van der Waals surface area contributed by atoms with Crippen molar-refractivity contribution in [2.45, 2.75) is 19.0 Å². The van der Waals surface area contributed by atoms with Crippen LogP contribution in [0.1, 0.15) is 34.0 Å². The highest BCUT2D eigenvalue weighted by Crippen LogP contribution is 2.41. The first kappa shape index (κ1) is 28.3. The smallest absolute Gasteiger partial charge is 0.368 e. The Morgan fingerprint density at radius 2 is 1.84 bits per heavy atom. The molecule has 0 radical (unpaired) electrons. The largest absolute Gasteiger partial charge is 0.473 e. The van der Waals surface area contributed by atoms with Crippen molar-refractivity contribution in [3.8, 4) is 0 Å². The Kier molecular flexibility index (Phi) is 9.79. The quantitative estimate of drug-likeness (QED) is 0.133. The van der Waals surface area contributed by atoms with E-state index in [1.54, 1.807) is 24.3 Å². The summed E-state index contributed by atoms with van der Waals surface area (Å²) in [5, 5.41) is 6.75. The maximum absolute atomic E-state index is 12.9. The lowest BCUT2D eigenvalue weighted by molar-refractivity contribution is -0.141.